The molecule has 1 N–H and O–H groups in total. The predicted octanol–water partition coefficient (Wildman–Crippen LogP) is 0.979. The van der Waals surface area contributed by atoms with E-state index in [4.69, 9.17) is 11.6 Å². The lowest BCUT2D eigenvalue weighted by atomic mass is 10.3. The van der Waals surface area contributed by atoms with Crippen LogP contribution >= 0.6 is 11.6 Å². The molecule has 0 bridgehead atoms. The molecule has 0 unspecified atom stereocenters. The van der Waals surface area contributed by atoms with Gasteiger partial charge >= 0.3 is 0 Å². The Morgan fingerprint density at radius 3 is 3.00 bits per heavy atom. The Morgan fingerprint density at radius 2 is 2.38 bits per heavy atom. The maximum atomic E-state index is 10.7. The summed E-state index contributed by atoms with van der Waals surface area (Å²) in [6.07, 6.45) is 2.47. The van der Waals surface area contributed by atoms with E-state index in [1.165, 1.54) is 0 Å². The molecule has 0 fully saturated rings. The van der Waals surface area contributed by atoms with E-state index in [9.17, 15) is 4.79 Å². The van der Waals surface area contributed by atoms with Crippen LogP contribution in [-0.4, -0.2) is 23.3 Å². The molecule has 0 aromatic carbocycles. The maximum Gasteiger partial charge on any atom is 0.234 e. The third kappa shape index (κ3) is 3.90. The Morgan fingerprint density at radius 1 is 1.54 bits per heavy atom. The van der Waals surface area contributed by atoms with Gasteiger partial charge in [-0.3, -0.25) is 9.78 Å². The van der Waals surface area contributed by atoms with Gasteiger partial charge in [0.1, 0.15) is 5.88 Å². The molecule has 0 aliphatic carbocycles. The summed E-state index contributed by atoms with van der Waals surface area (Å²) in [5.74, 6) is -0.125. The highest BCUT2D eigenvalue weighted by atomic mass is 35.5. The minimum absolute atomic E-state index is 0.0161. The molecule has 1 aromatic rings. The number of rotatable bonds is 4. The van der Waals surface area contributed by atoms with Crippen LogP contribution in [-0.2, 0) is 11.2 Å². The van der Waals surface area contributed by atoms with Crippen LogP contribution in [0, 0.1) is 0 Å². The first kappa shape index (κ1) is 9.99. The molecule has 1 heterocycles. The number of halogens is 1. The van der Waals surface area contributed by atoms with Crippen LogP contribution in [0.25, 0.3) is 0 Å². The van der Waals surface area contributed by atoms with Gasteiger partial charge in [-0.05, 0) is 12.1 Å². The monoisotopic (exact) mass is 198 g/mol. The number of hydrogen-bond acceptors (Lipinski definition) is 2. The number of pyridine rings is 1. The first-order valence-electron chi connectivity index (χ1n) is 4.05. The van der Waals surface area contributed by atoms with Crippen LogP contribution in [0.3, 0.4) is 0 Å². The lowest BCUT2D eigenvalue weighted by molar-refractivity contribution is -0.118. The molecule has 1 aromatic heterocycles. The van der Waals surface area contributed by atoms with Crippen LogP contribution in [0.1, 0.15) is 5.69 Å². The van der Waals surface area contributed by atoms with Crippen LogP contribution in [0.2, 0.25) is 0 Å². The zero-order valence-electron chi connectivity index (χ0n) is 7.16. The summed E-state index contributed by atoms with van der Waals surface area (Å²) in [5, 5.41) is 2.67. The molecular formula is C9H11ClN2O. The van der Waals surface area contributed by atoms with Gasteiger partial charge in [0.05, 0.1) is 0 Å². The average Bonchev–Trinajstić information content (AvgIpc) is 2.19. The lowest BCUT2D eigenvalue weighted by Gasteiger charge is -2.01. The van der Waals surface area contributed by atoms with Gasteiger partial charge in [-0.25, -0.2) is 0 Å². The lowest BCUT2D eigenvalue weighted by Crippen LogP contribution is -2.26. The number of nitrogens with one attached hydrogen (secondary N) is 1. The quantitative estimate of drug-likeness (QED) is 0.733. The van der Waals surface area contributed by atoms with Crippen molar-refractivity contribution >= 4 is 17.5 Å². The van der Waals surface area contributed by atoms with Crippen LogP contribution in [0.4, 0.5) is 0 Å². The van der Waals surface area contributed by atoms with Gasteiger partial charge in [0.25, 0.3) is 0 Å². The molecule has 1 amide bonds. The summed E-state index contributed by atoms with van der Waals surface area (Å²) in [7, 11) is 0. The second-order valence-electron chi connectivity index (χ2n) is 2.55. The summed E-state index contributed by atoms with van der Waals surface area (Å²) in [5.41, 5.74) is 0.970. The fourth-order valence-corrected chi connectivity index (χ4v) is 1.02. The molecule has 0 atom stereocenters. The highest BCUT2D eigenvalue weighted by molar-refractivity contribution is 6.27. The summed E-state index contributed by atoms with van der Waals surface area (Å²) >= 11 is 5.31. The van der Waals surface area contributed by atoms with Crippen LogP contribution < -0.4 is 5.32 Å². The Hall–Kier alpha value is -1.09. The van der Waals surface area contributed by atoms with E-state index in [0.29, 0.717) is 6.54 Å². The van der Waals surface area contributed by atoms with Gasteiger partial charge in [-0.2, -0.15) is 0 Å². The SMILES string of the molecule is O=C(CCl)NCCc1ccccn1. The molecule has 4 heteroatoms. The summed E-state index contributed by atoms with van der Waals surface area (Å²) < 4.78 is 0. The summed E-state index contributed by atoms with van der Waals surface area (Å²) in [6.45, 7) is 0.586. The van der Waals surface area contributed by atoms with Gasteiger partial charge in [0, 0.05) is 24.9 Å². The number of aromatic nitrogens is 1. The molecule has 13 heavy (non-hydrogen) atoms. The number of hydrogen-bond donors (Lipinski definition) is 1. The second-order valence-corrected chi connectivity index (χ2v) is 2.82. The van der Waals surface area contributed by atoms with Gasteiger partial charge in [-0.1, -0.05) is 6.07 Å². The van der Waals surface area contributed by atoms with Crippen LogP contribution in [0.5, 0.6) is 0 Å². The number of nitrogens with zero attached hydrogens (tertiary/aromatic N) is 1. The van der Waals surface area contributed by atoms with Crippen LogP contribution in [0.15, 0.2) is 24.4 Å². The van der Waals surface area contributed by atoms with E-state index in [-0.39, 0.29) is 11.8 Å². The van der Waals surface area contributed by atoms with Gasteiger partial charge in [-0.15, -0.1) is 11.6 Å². The molecule has 0 aliphatic heterocycles. The van der Waals surface area contributed by atoms with Crippen molar-refractivity contribution in [3.63, 3.8) is 0 Å². The molecule has 0 saturated carbocycles. The first-order valence-corrected chi connectivity index (χ1v) is 4.59. The van der Waals surface area contributed by atoms with Crippen molar-refractivity contribution in [2.24, 2.45) is 0 Å². The summed E-state index contributed by atoms with van der Waals surface area (Å²) in [4.78, 5) is 14.9. The Kier molecular flexibility index (Phi) is 4.26. The predicted molar refractivity (Wildman–Crippen MR) is 51.7 cm³/mol. The van der Waals surface area contributed by atoms with E-state index in [1.807, 2.05) is 18.2 Å². The molecule has 70 valence electrons. The van der Waals surface area contributed by atoms with Gasteiger partial charge in [0.15, 0.2) is 0 Å². The van der Waals surface area contributed by atoms with Crippen molar-refractivity contribution in [1.82, 2.24) is 10.3 Å². The fourth-order valence-electron chi connectivity index (χ4n) is 0.923. The van der Waals surface area contributed by atoms with E-state index in [2.05, 4.69) is 10.3 Å². The average molecular weight is 199 g/mol. The molecular weight excluding hydrogens is 188 g/mol. The molecule has 1 rings (SSSR count). The van der Waals surface area contributed by atoms with E-state index in [0.717, 1.165) is 12.1 Å². The Labute approximate surface area is 82.1 Å². The standard InChI is InChI=1S/C9H11ClN2O/c10-7-9(13)12-6-4-8-3-1-2-5-11-8/h1-3,5H,4,6-7H2,(H,12,13). The van der Waals surface area contributed by atoms with E-state index < -0.39 is 0 Å². The van der Waals surface area contributed by atoms with Crippen molar-refractivity contribution in [3.8, 4) is 0 Å². The molecule has 0 aliphatic rings. The number of amides is 1. The smallest absolute Gasteiger partial charge is 0.234 e. The third-order valence-electron chi connectivity index (χ3n) is 1.55. The summed E-state index contributed by atoms with van der Waals surface area (Å²) in [6, 6.07) is 5.71. The Balaban J connectivity index is 2.24. The topological polar surface area (TPSA) is 42.0 Å². The zero-order chi connectivity index (χ0) is 9.52. The fraction of sp³-hybridized carbons (Fsp3) is 0.333. The molecule has 0 saturated heterocycles. The van der Waals surface area contributed by atoms with Crippen molar-refractivity contribution in [1.29, 1.82) is 0 Å². The van der Waals surface area contributed by atoms with E-state index in [1.54, 1.807) is 6.20 Å². The number of alkyl halides is 1. The van der Waals surface area contributed by atoms with Crippen molar-refractivity contribution in [2.45, 2.75) is 6.42 Å². The minimum Gasteiger partial charge on any atom is -0.355 e. The first-order chi connectivity index (χ1) is 6.33. The molecule has 0 radical (unpaired) electrons. The molecule has 0 spiro atoms. The third-order valence-corrected chi connectivity index (χ3v) is 1.79. The zero-order valence-corrected chi connectivity index (χ0v) is 7.92. The highest BCUT2D eigenvalue weighted by Crippen LogP contribution is 1.92. The maximum absolute atomic E-state index is 10.7. The normalized spacial score (nSPS) is 9.62. The van der Waals surface area contributed by atoms with E-state index >= 15 is 0 Å². The number of carbonyl (C=O) groups is 1. The highest BCUT2D eigenvalue weighted by Gasteiger charge is 1.97. The van der Waals surface area contributed by atoms with Gasteiger partial charge < -0.3 is 5.32 Å². The molecule has 3 nitrogen and oxygen atoms in total. The minimum atomic E-state index is -0.141. The largest absolute Gasteiger partial charge is 0.355 e. The van der Waals surface area contributed by atoms with Crippen molar-refractivity contribution in [3.05, 3.63) is 30.1 Å². The Bertz CT molecular complexity index is 264. The van der Waals surface area contributed by atoms with Gasteiger partial charge in [0.2, 0.25) is 5.91 Å². The van der Waals surface area contributed by atoms with Crippen molar-refractivity contribution < 1.29 is 4.79 Å². The van der Waals surface area contributed by atoms with Crippen molar-refractivity contribution in [2.75, 3.05) is 12.4 Å². The second kappa shape index (κ2) is 5.54. The number of carbonyl (C=O) groups excluding carboxylic acids is 1.